The molecule has 0 spiro atoms. The van der Waals surface area contributed by atoms with Crippen LogP contribution in [0.5, 0.6) is 11.5 Å². The Bertz CT molecular complexity index is 584. The van der Waals surface area contributed by atoms with Gasteiger partial charge in [0.15, 0.2) is 11.6 Å². The molecule has 0 radical (unpaired) electrons. The molecule has 0 aromatic heterocycles. The molecular formula is C17H20FNO2. The van der Waals surface area contributed by atoms with Crippen molar-refractivity contribution in [3.8, 4) is 11.5 Å². The van der Waals surface area contributed by atoms with Gasteiger partial charge < -0.3 is 15.2 Å². The minimum absolute atomic E-state index is 0.0369. The number of hydrogen-bond acceptors (Lipinski definition) is 3. The third-order valence-electron chi connectivity index (χ3n) is 3.41. The smallest absolute Gasteiger partial charge is 0.171 e. The Balaban J connectivity index is 2.03. The lowest BCUT2D eigenvalue weighted by Crippen LogP contribution is -2.08. The van der Waals surface area contributed by atoms with Crippen molar-refractivity contribution in [1.29, 1.82) is 0 Å². The quantitative estimate of drug-likeness (QED) is 0.879. The molecule has 21 heavy (non-hydrogen) atoms. The number of rotatable bonds is 6. The first kappa shape index (κ1) is 15.3. The second kappa shape index (κ2) is 7.09. The second-order valence-electron chi connectivity index (χ2n) is 4.81. The van der Waals surface area contributed by atoms with Crippen LogP contribution in [0.4, 0.5) is 4.39 Å². The van der Waals surface area contributed by atoms with E-state index in [0.29, 0.717) is 11.3 Å². The van der Waals surface area contributed by atoms with Crippen LogP contribution in [0.2, 0.25) is 0 Å². The number of halogens is 1. The van der Waals surface area contributed by atoms with Gasteiger partial charge in [0.2, 0.25) is 0 Å². The van der Waals surface area contributed by atoms with Crippen LogP contribution in [-0.4, -0.2) is 7.11 Å². The molecule has 2 aromatic rings. The molecule has 0 saturated heterocycles. The minimum atomic E-state index is -0.385. The zero-order valence-electron chi connectivity index (χ0n) is 12.3. The number of benzene rings is 2. The predicted molar refractivity (Wildman–Crippen MR) is 80.9 cm³/mol. The number of hydrogen-bond donors (Lipinski definition) is 1. The molecule has 0 unspecified atom stereocenters. The summed E-state index contributed by atoms with van der Waals surface area (Å²) in [5.74, 6) is 0.522. The fraction of sp³-hybridized carbons (Fsp3) is 0.294. The van der Waals surface area contributed by atoms with Gasteiger partial charge in [0.1, 0.15) is 12.4 Å². The molecule has 4 heteroatoms. The summed E-state index contributed by atoms with van der Waals surface area (Å²) in [6.45, 7) is 2.20. The summed E-state index contributed by atoms with van der Waals surface area (Å²) in [5, 5.41) is 0. The number of ether oxygens (including phenoxy) is 2. The molecule has 0 fully saturated rings. The van der Waals surface area contributed by atoms with Crippen LogP contribution in [0.25, 0.3) is 0 Å². The lowest BCUT2D eigenvalue weighted by atomic mass is 10.1. The highest BCUT2D eigenvalue weighted by Crippen LogP contribution is 2.23. The van der Waals surface area contributed by atoms with Crippen LogP contribution >= 0.6 is 0 Å². The van der Waals surface area contributed by atoms with Gasteiger partial charge in [-0.15, -0.1) is 0 Å². The van der Waals surface area contributed by atoms with E-state index < -0.39 is 0 Å². The average molecular weight is 289 g/mol. The monoisotopic (exact) mass is 289 g/mol. The van der Waals surface area contributed by atoms with Gasteiger partial charge in [-0.25, -0.2) is 4.39 Å². The van der Waals surface area contributed by atoms with Crippen LogP contribution in [0.1, 0.15) is 30.5 Å². The Morgan fingerprint density at radius 1 is 1.14 bits per heavy atom. The highest BCUT2D eigenvalue weighted by atomic mass is 19.1. The molecule has 0 aliphatic heterocycles. The second-order valence-corrected chi connectivity index (χ2v) is 4.81. The average Bonchev–Trinajstić information content (AvgIpc) is 2.53. The molecule has 112 valence electrons. The van der Waals surface area contributed by atoms with E-state index in [2.05, 4.69) is 0 Å². The van der Waals surface area contributed by atoms with Crippen molar-refractivity contribution in [3.63, 3.8) is 0 Å². The highest BCUT2D eigenvalue weighted by Gasteiger charge is 2.09. The van der Waals surface area contributed by atoms with Crippen LogP contribution in [0.3, 0.4) is 0 Å². The van der Waals surface area contributed by atoms with Gasteiger partial charge >= 0.3 is 0 Å². The van der Waals surface area contributed by atoms with E-state index in [0.717, 1.165) is 12.0 Å². The molecule has 3 nitrogen and oxygen atoms in total. The van der Waals surface area contributed by atoms with Crippen LogP contribution in [-0.2, 0) is 6.61 Å². The first-order valence-corrected chi connectivity index (χ1v) is 6.95. The summed E-state index contributed by atoms with van der Waals surface area (Å²) in [6, 6.07) is 12.6. The molecule has 2 N–H and O–H groups in total. The Morgan fingerprint density at radius 2 is 1.86 bits per heavy atom. The molecule has 1 atom stereocenters. The zero-order chi connectivity index (χ0) is 15.2. The molecule has 0 aliphatic carbocycles. The summed E-state index contributed by atoms with van der Waals surface area (Å²) in [6.07, 6.45) is 0.884. The summed E-state index contributed by atoms with van der Waals surface area (Å²) in [4.78, 5) is 0. The van der Waals surface area contributed by atoms with Gasteiger partial charge in [-0.05, 0) is 30.2 Å². The normalized spacial score (nSPS) is 12.0. The Kier molecular flexibility index (Phi) is 5.17. The van der Waals surface area contributed by atoms with E-state index in [9.17, 15) is 4.39 Å². The van der Waals surface area contributed by atoms with Crippen LogP contribution < -0.4 is 15.2 Å². The fourth-order valence-electron chi connectivity index (χ4n) is 2.03. The molecule has 2 aromatic carbocycles. The molecule has 0 aliphatic rings. The van der Waals surface area contributed by atoms with Crippen LogP contribution in [0, 0.1) is 5.82 Å². The topological polar surface area (TPSA) is 44.5 Å². The Morgan fingerprint density at radius 3 is 2.48 bits per heavy atom. The maximum absolute atomic E-state index is 14.0. The van der Waals surface area contributed by atoms with E-state index in [1.807, 2.05) is 31.2 Å². The van der Waals surface area contributed by atoms with Gasteiger partial charge in [-0.3, -0.25) is 0 Å². The van der Waals surface area contributed by atoms with Crippen molar-refractivity contribution in [3.05, 3.63) is 59.4 Å². The molecule has 0 saturated carbocycles. The van der Waals surface area contributed by atoms with Gasteiger partial charge in [0, 0.05) is 11.6 Å². The number of methoxy groups -OCH3 is 1. The zero-order valence-corrected chi connectivity index (χ0v) is 12.3. The van der Waals surface area contributed by atoms with Crippen molar-refractivity contribution in [1.82, 2.24) is 0 Å². The van der Waals surface area contributed by atoms with Crippen molar-refractivity contribution in [2.75, 3.05) is 7.11 Å². The van der Waals surface area contributed by atoms with Gasteiger partial charge in [0.05, 0.1) is 7.11 Å². The summed E-state index contributed by atoms with van der Waals surface area (Å²) in [5.41, 5.74) is 7.49. The third kappa shape index (κ3) is 3.73. The first-order valence-electron chi connectivity index (χ1n) is 6.95. The molecular weight excluding hydrogens is 269 g/mol. The molecule has 0 bridgehead atoms. The third-order valence-corrected chi connectivity index (χ3v) is 3.41. The summed E-state index contributed by atoms with van der Waals surface area (Å²) < 4.78 is 24.5. The first-order chi connectivity index (χ1) is 10.2. The highest BCUT2D eigenvalue weighted by molar-refractivity contribution is 5.32. The summed E-state index contributed by atoms with van der Waals surface area (Å²) in [7, 11) is 1.44. The Hall–Kier alpha value is -2.07. The predicted octanol–water partition coefficient (Wildman–Crippen LogP) is 3.82. The van der Waals surface area contributed by atoms with Crippen molar-refractivity contribution in [2.24, 2.45) is 5.73 Å². The van der Waals surface area contributed by atoms with Crippen molar-refractivity contribution >= 4 is 0 Å². The van der Waals surface area contributed by atoms with E-state index in [1.54, 1.807) is 18.2 Å². The largest absolute Gasteiger partial charge is 0.494 e. The standard InChI is InChI=1S/C17H20FNO2/c1-3-15(19)12-7-9-14(10-8-12)21-11-13-5-4-6-16(20-2)17(13)18/h4-10,15H,3,11,19H2,1-2H3/t15-/m0/s1. The lowest BCUT2D eigenvalue weighted by Gasteiger charge is -2.12. The van der Waals surface area contributed by atoms with Crippen molar-refractivity contribution < 1.29 is 13.9 Å². The fourth-order valence-corrected chi connectivity index (χ4v) is 2.03. The van der Waals surface area contributed by atoms with Crippen molar-refractivity contribution in [2.45, 2.75) is 26.0 Å². The Labute approximate surface area is 124 Å². The summed E-state index contributed by atoms with van der Waals surface area (Å²) >= 11 is 0. The van der Waals surface area contributed by atoms with E-state index in [4.69, 9.17) is 15.2 Å². The maximum atomic E-state index is 14.0. The van der Waals surface area contributed by atoms with E-state index >= 15 is 0 Å². The lowest BCUT2D eigenvalue weighted by molar-refractivity contribution is 0.295. The van der Waals surface area contributed by atoms with Gasteiger partial charge in [0.25, 0.3) is 0 Å². The van der Waals surface area contributed by atoms with E-state index in [1.165, 1.54) is 7.11 Å². The molecule has 0 amide bonds. The number of nitrogens with two attached hydrogens (primary N) is 1. The minimum Gasteiger partial charge on any atom is -0.494 e. The SMILES string of the molecule is CC[C@H](N)c1ccc(OCc2cccc(OC)c2F)cc1. The van der Waals surface area contributed by atoms with Gasteiger partial charge in [-0.1, -0.05) is 31.2 Å². The van der Waals surface area contributed by atoms with Gasteiger partial charge in [-0.2, -0.15) is 0 Å². The van der Waals surface area contributed by atoms with E-state index in [-0.39, 0.29) is 24.2 Å². The molecule has 2 rings (SSSR count). The van der Waals surface area contributed by atoms with Crippen LogP contribution in [0.15, 0.2) is 42.5 Å². The maximum Gasteiger partial charge on any atom is 0.171 e. The molecule has 0 heterocycles.